The van der Waals surface area contributed by atoms with E-state index >= 15 is 0 Å². The monoisotopic (exact) mass is 267 g/mol. The Morgan fingerprint density at radius 2 is 1.87 bits per heavy atom. The van der Waals surface area contributed by atoms with Crippen LogP contribution in [0, 0.1) is 0 Å². The molecule has 0 amide bonds. The molecule has 1 aromatic rings. The van der Waals surface area contributed by atoms with E-state index in [1.54, 1.807) is 12.1 Å². The van der Waals surface area contributed by atoms with Crippen molar-refractivity contribution in [2.45, 2.75) is 12.5 Å². The maximum Gasteiger partial charge on any atom is 0.320 e. The second-order valence-electron chi connectivity index (χ2n) is 2.97. The Morgan fingerprint density at radius 1 is 1.33 bits per heavy atom. The average molecular weight is 269 g/mol. The minimum atomic E-state index is -1.11. The van der Waals surface area contributed by atoms with Crippen molar-refractivity contribution in [1.82, 2.24) is 0 Å². The van der Waals surface area contributed by atoms with Crippen molar-refractivity contribution in [3.05, 3.63) is 32.8 Å². The predicted molar refractivity (Wildman–Crippen MR) is 60.8 cm³/mol. The average Bonchev–Trinajstić information content (AvgIpc) is 2.18. The Hall–Kier alpha value is -0.480. The molecule has 0 bridgehead atoms. The molecule has 0 heterocycles. The van der Waals surface area contributed by atoms with E-state index < -0.39 is 12.0 Å². The van der Waals surface area contributed by atoms with Crippen LogP contribution < -0.4 is 5.73 Å². The zero-order chi connectivity index (χ0) is 11.6. The van der Waals surface area contributed by atoms with Gasteiger partial charge in [-0.1, -0.05) is 34.8 Å². The molecule has 1 atom stereocenters. The Balaban J connectivity index is 3.03. The van der Waals surface area contributed by atoms with Crippen molar-refractivity contribution in [3.63, 3.8) is 0 Å². The normalized spacial score (nSPS) is 12.5. The SMILES string of the molecule is NC(Cc1c(Cl)ccc(Cl)c1Cl)C(=O)O. The summed E-state index contributed by atoms with van der Waals surface area (Å²) >= 11 is 17.5. The van der Waals surface area contributed by atoms with Crippen LogP contribution in [0.4, 0.5) is 0 Å². The summed E-state index contributed by atoms with van der Waals surface area (Å²) in [6.45, 7) is 0. The maximum atomic E-state index is 10.6. The van der Waals surface area contributed by atoms with E-state index in [0.29, 0.717) is 15.6 Å². The van der Waals surface area contributed by atoms with Crippen LogP contribution in [-0.4, -0.2) is 17.1 Å². The van der Waals surface area contributed by atoms with Crippen LogP contribution in [0.15, 0.2) is 12.1 Å². The number of nitrogens with two attached hydrogens (primary N) is 1. The van der Waals surface area contributed by atoms with Crippen LogP contribution in [0.3, 0.4) is 0 Å². The molecule has 3 N–H and O–H groups in total. The lowest BCUT2D eigenvalue weighted by molar-refractivity contribution is -0.138. The van der Waals surface area contributed by atoms with Gasteiger partial charge in [-0.2, -0.15) is 0 Å². The zero-order valence-electron chi connectivity index (χ0n) is 7.51. The van der Waals surface area contributed by atoms with Crippen LogP contribution in [0.5, 0.6) is 0 Å². The fourth-order valence-corrected chi connectivity index (χ4v) is 1.77. The molecule has 15 heavy (non-hydrogen) atoms. The summed E-state index contributed by atoms with van der Waals surface area (Å²) in [6.07, 6.45) is 0.0492. The number of carboxylic acids is 1. The second-order valence-corrected chi connectivity index (χ2v) is 4.16. The van der Waals surface area contributed by atoms with Crippen molar-refractivity contribution in [2.75, 3.05) is 0 Å². The minimum absolute atomic E-state index is 0.0492. The van der Waals surface area contributed by atoms with Gasteiger partial charge in [0.15, 0.2) is 0 Å². The molecule has 0 aliphatic carbocycles. The van der Waals surface area contributed by atoms with E-state index in [9.17, 15) is 4.79 Å². The van der Waals surface area contributed by atoms with Gasteiger partial charge in [0.1, 0.15) is 6.04 Å². The number of halogens is 3. The van der Waals surface area contributed by atoms with Crippen LogP contribution in [0.2, 0.25) is 15.1 Å². The van der Waals surface area contributed by atoms with E-state index in [1.807, 2.05) is 0 Å². The smallest absolute Gasteiger partial charge is 0.320 e. The first-order valence-corrected chi connectivity index (χ1v) is 5.17. The lowest BCUT2D eigenvalue weighted by atomic mass is 10.1. The molecule has 0 saturated carbocycles. The van der Waals surface area contributed by atoms with E-state index in [2.05, 4.69) is 0 Å². The number of hydrogen-bond acceptors (Lipinski definition) is 2. The highest BCUT2D eigenvalue weighted by Gasteiger charge is 2.17. The molecule has 1 rings (SSSR count). The van der Waals surface area contributed by atoms with Gasteiger partial charge in [0.2, 0.25) is 0 Å². The first-order chi connectivity index (χ1) is 6.93. The third-order valence-corrected chi connectivity index (χ3v) is 3.08. The van der Waals surface area contributed by atoms with Gasteiger partial charge in [0.25, 0.3) is 0 Å². The first kappa shape index (κ1) is 12.6. The van der Waals surface area contributed by atoms with Crippen molar-refractivity contribution in [1.29, 1.82) is 0 Å². The molecule has 1 aromatic carbocycles. The first-order valence-electron chi connectivity index (χ1n) is 4.04. The van der Waals surface area contributed by atoms with Crippen LogP contribution >= 0.6 is 34.8 Å². The summed E-state index contributed by atoms with van der Waals surface area (Å²) < 4.78 is 0. The number of aliphatic carboxylic acids is 1. The highest BCUT2D eigenvalue weighted by Crippen LogP contribution is 2.32. The van der Waals surface area contributed by atoms with Gasteiger partial charge in [-0.25, -0.2) is 0 Å². The summed E-state index contributed by atoms with van der Waals surface area (Å²) in [4.78, 5) is 10.6. The summed E-state index contributed by atoms with van der Waals surface area (Å²) in [6, 6.07) is 2.06. The Bertz CT molecular complexity index is 395. The quantitative estimate of drug-likeness (QED) is 0.828. The standard InChI is InChI=1S/C9H8Cl3NO2/c10-5-1-2-6(11)8(12)4(5)3-7(13)9(14)15/h1-2,7H,3,13H2,(H,14,15). The second kappa shape index (κ2) is 5.03. The summed E-state index contributed by atoms with van der Waals surface area (Å²) in [7, 11) is 0. The molecule has 82 valence electrons. The number of hydrogen-bond donors (Lipinski definition) is 2. The summed E-state index contributed by atoms with van der Waals surface area (Å²) in [5, 5.41) is 9.59. The lowest BCUT2D eigenvalue weighted by Gasteiger charge is -2.10. The molecular formula is C9H8Cl3NO2. The predicted octanol–water partition coefficient (Wildman–Crippen LogP) is 2.60. The largest absolute Gasteiger partial charge is 0.480 e. The van der Waals surface area contributed by atoms with Gasteiger partial charge in [-0.05, 0) is 17.7 Å². The highest BCUT2D eigenvalue weighted by atomic mass is 35.5. The zero-order valence-corrected chi connectivity index (χ0v) is 9.77. The molecule has 0 aromatic heterocycles. The van der Waals surface area contributed by atoms with Crippen LogP contribution in [0.25, 0.3) is 0 Å². The molecule has 0 spiro atoms. The molecular weight excluding hydrogens is 260 g/mol. The van der Waals surface area contributed by atoms with Crippen LogP contribution in [0.1, 0.15) is 5.56 Å². The van der Waals surface area contributed by atoms with Crippen molar-refractivity contribution < 1.29 is 9.90 Å². The van der Waals surface area contributed by atoms with Crippen molar-refractivity contribution >= 4 is 40.8 Å². The maximum absolute atomic E-state index is 10.6. The van der Waals surface area contributed by atoms with Crippen molar-refractivity contribution in [3.8, 4) is 0 Å². The molecule has 6 heteroatoms. The molecule has 3 nitrogen and oxygen atoms in total. The number of carboxylic acid groups (broad SMARTS) is 1. The lowest BCUT2D eigenvalue weighted by Crippen LogP contribution is -2.32. The summed E-state index contributed by atoms with van der Waals surface area (Å²) in [5.41, 5.74) is 5.84. The number of rotatable bonds is 3. The van der Waals surface area contributed by atoms with E-state index in [4.69, 9.17) is 45.6 Å². The van der Waals surface area contributed by atoms with Gasteiger partial charge >= 0.3 is 5.97 Å². The molecule has 0 radical (unpaired) electrons. The highest BCUT2D eigenvalue weighted by molar-refractivity contribution is 6.44. The van der Waals surface area contributed by atoms with Crippen LogP contribution in [-0.2, 0) is 11.2 Å². The van der Waals surface area contributed by atoms with E-state index in [-0.39, 0.29) is 11.4 Å². The van der Waals surface area contributed by atoms with E-state index in [1.165, 1.54) is 0 Å². The number of carbonyl (C=O) groups is 1. The molecule has 0 fully saturated rings. The fourth-order valence-electron chi connectivity index (χ4n) is 1.06. The van der Waals surface area contributed by atoms with Gasteiger partial charge in [0, 0.05) is 11.4 Å². The Labute approximate surface area is 102 Å². The van der Waals surface area contributed by atoms with Gasteiger partial charge < -0.3 is 10.8 Å². The van der Waals surface area contributed by atoms with Gasteiger partial charge in [0.05, 0.1) is 10.0 Å². The minimum Gasteiger partial charge on any atom is -0.480 e. The van der Waals surface area contributed by atoms with Gasteiger partial charge in [-0.3, -0.25) is 4.79 Å². The number of benzene rings is 1. The molecule has 0 saturated heterocycles. The molecule has 1 unspecified atom stereocenters. The molecule has 0 aliphatic heterocycles. The van der Waals surface area contributed by atoms with Gasteiger partial charge in [-0.15, -0.1) is 0 Å². The third kappa shape index (κ3) is 2.98. The van der Waals surface area contributed by atoms with E-state index in [0.717, 1.165) is 0 Å². The molecule has 0 aliphatic rings. The fraction of sp³-hybridized carbons (Fsp3) is 0.222. The summed E-state index contributed by atoms with van der Waals surface area (Å²) in [5.74, 6) is -1.11. The topological polar surface area (TPSA) is 63.3 Å². The Kier molecular flexibility index (Phi) is 4.22. The Morgan fingerprint density at radius 3 is 2.40 bits per heavy atom. The third-order valence-electron chi connectivity index (χ3n) is 1.88. The van der Waals surface area contributed by atoms with Crippen molar-refractivity contribution in [2.24, 2.45) is 5.73 Å².